The minimum Gasteiger partial charge on any atom is -0.508 e. The van der Waals surface area contributed by atoms with Crippen LogP contribution in [0, 0.1) is 0 Å². The Morgan fingerprint density at radius 1 is 0.500 bits per heavy atom. The molecule has 0 aliphatic carbocycles. The van der Waals surface area contributed by atoms with Gasteiger partial charge in [-0.15, -0.1) is 0 Å². The Kier molecular flexibility index (Phi) is 11.4. The number of hydrogen-bond acceptors (Lipinski definition) is 12. The number of amides is 6. The molecule has 0 bridgehead atoms. The van der Waals surface area contributed by atoms with Gasteiger partial charge >= 0.3 is 12.1 Å². The second-order valence-corrected chi connectivity index (χ2v) is 18.5. The van der Waals surface area contributed by atoms with Crippen molar-refractivity contribution in [3.8, 4) is 22.6 Å². The third-order valence-corrected chi connectivity index (χ3v) is 14.5. The number of nitrogens with zero attached hydrogens (tertiary/aromatic N) is 10. The van der Waals surface area contributed by atoms with E-state index in [1.54, 1.807) is 30.6 Å². The number of pyridine rings is 4. The number of carbonyl (C=O) groups excluding carboxylic acids is 4. The van der Waals surface area contributed by atoms with Gasteiger partial charge in [-0.1, -0.05) is 36.4 Å². The van der Waals surface area contributed by atoms with E-state index in [-0.39, 0.29) is 60.2 Å². The van der Waals surface area contributed by atoms with Crippen LogP contribution in [-0.4, -0.2) is 101 Å². The summed E-state index contributed by atoms with van der Waals surface area (Å²) < 4.78 is 1.71. The smallest absolute Gasteiger partial charge is 0.338 e. The van der Waals surface area contributed by atoms with E-state index in [4.69, 9.17) is 0 Å². The minimum atomic E-state index is -1.46. The predicted octanol–water partition coefficient (Wildman–Crippen LogP) is 7.89. The van der Waals surface area contributed by atoms with Gasteiger partial charge in [-0.05, 0) is 117 Å². The number of hydrogen-bond donors (Lipinski definition) is 2. The number of rotatable bonds is 9. The number of benzene rings is 2. The quantitative estimate of drug-likeness (QED) is 0.134. The molecule has 18 heteroatoms. The molecule has 4 aliphatic rings. The number of piperidine rings is 2. The lowest BCUT2D eigenvalue weighted by molar-refractivity contribution is -0.124. The number of imide groups is 2. The van der Waals surface area contributed by atoms with E-state index in [1.165, 1.54) is 46.5 Å². The topological polar surface area (TPSA) is 180 Å². The summed E-state index contributed by atoms with van der Waals surface area (Å²) >= 11 is 7.19. The number of anilines is 4. The van der Waals surface area contributed by atoms with Crippen LogP contribution in [0.4, 0.5) is 32.6 Å². The Morgan fingerprint density at radius 3 is 1.42 bits per heavy atom. The molecule has 4 saturated heterocycles. The first kappa shape index (κ1) is 43.3. The van der Waals surface area contributed by atoms with Crippen molar-refractivity contribution < 1.29 is 29.4 Å². The normalized spacial score (nSPS) is 18.6. The van der Waals surface area contributed by atoms with Crippen LogP contribution in [-0.2, 0) is 22.7 Å². The standard InChI is InChI=1S/C48H42Br2N10O6/c49-35-8-4-18-51-37(35)29-55-22-14-47(15-23-55)43(63)57(45(65)59(47)41-27-33(61)12-20-53-41)39-11-10-32(31-6-2-1-3-7-31)26-40(39)58-44(64)48(60(46(58)66)42-28-34(62)13-21-54-42)16-24-56(25-17-48)30-38-36(50)9-5-19-52-38/h1-13,18-21,26-28H,14-17,22-25,29-30H2,(H,53,61)(H,54,62). The molecule has 4 aromatic heterocycles. The van der Waals surface area contributed by atoms with Crippen LogP contribution in [0.1, 0.15) is 37.1 Å². The van der Waals surface area contributed by atoms with Crippen molar-refractivity contribution in [2.75, 3.05) is 45.8 Å². The van der Waals surface area contributed by atoms with E-state index in [9.17, 15) is 10.2 Å². The lowest BCUT2D eigenvalue weighted by atomic mass is 9.85. The van der Waals surface area contributed by atoms with Gasteiger partial charge in [0.15, 0.2) is 0 Å². The molecule has 4 aliphatic heterocycles. The Bertz CT molecular complexity index is 2890. The van der Waals surface area contributed by atoms with Crippen LogP contribution in [0.2, 0.25) is 0 Å². The van der Waals surface area contributed by atoms with Gasteiger partial charge < -0.3 is 10.2 Å². The monoisotopic (exact) mass is 1010 g/mol. The van der Waals surface area contributed by atoms with Gasteiger partial charge in [-0.25, -0.2) is 29.4 Å². The molecule has 0 atom stereocenters. The third kappa shape index (κ3) is 7.46. The Hall–Kier alpha value is -6.60. The van der Waals surface area contributed by atoms with Crippen molar-refractivity contribution in [2.24, 2.45) is 0 Å². The highest BCUT2D eigenvalue weighted by Gasteiger charge is 2.63. The van der Waals surface area contributed by atoms with Gasteiger partial charge in [0.25, 0.3) is 11.8 Å². The summed E-state index contributed by atoms with van der Waals surface area (Å²) in [5.74, 6) is -1.24. The molecule has 16 nitrogen and oxygen atoms in total. The van der Waals surface area contributed by atoms with Crippen molar-refractivity contribution in [3.63, 3.8) is 0 Å². The van der Waals surface area contributed by atoms with E-state index in [0.717, 1.165) is 35.7 Å². The van der Waals surface area contributed by atoms with Gasteiger partial charge in [-0.3, -0.25) is 39.2 Å². The summed E-state index contributed by atoms with van der Waals surface area (Å²) in [7, 11) is 0. The summed E-state index contributed by atoms with van der Waals surface area (Å²) in [4.78, 5) is 88.9. The number of aromatic hydroxyl groups is 2. The zero-order chi connectivity index (χ0) is 45.7. The fraction of sp³-hybridized carbons (Fsp3) is 0.250. The lowest BCUT2D eigenvalue weighted by Crippen LogP contribution is -2.57. The van der Waals surface area contributed by atoms with Gasteiger partial charge in [0, 0.05) is 85.1 Å². The van der Waals surface area contributed by atoms with Crippen molar-refractivity contribution in [3.05, 3.63) is 142 Å². The SMILES string of the molecule is O=C1N(c2ccc(-c3ccccc3)cc2N2C(=O)N(c3cc(O)ccn3)C3(CCN(Cc4ncccc4Br)CC3)C2=O)C(=O)C2(CCN(Cc3ncccc3Br)CC2)N1c1cc(O)ccn1. The second kappa shape index (κ2) is 17.3. The second-order valence-electron chi connectivity index (χ2n) is 16.8. The van der Waals surface area contributed by atoms with Crippen molar-refractivity contribution >= 4 is 78.7 Å². The molecule has 66 heavy (non-hydrogen) atoms. The first-order valence-electron chi connectivity index (χ1n) is 21.5. The molecule has 2 aromatic carbocycles. The van der Waals surface area contributed by atoms with Crippen molar-refractivity contribution in [1.29, 1.82) is 0 Å². The van der Waals surface area contributed by atoms with Gasteiger partial charge in [0.1, 0.15) is 34.2 Å². The van der Waals surface area contributed by atoms with Crippen LogP contribution in [0.25, 0.3) is 11.1 Å². The van der Waals surface area contributed by atoms with Gasteiger partial charge in [0.05, 0.1) is 22.8 Å². The summed E-state index contributed by atoms with van der Waals surface area (Å²) in [6, 6.07) is 25.9. The van der Waals surface area contributed by atoms with Gasteiger partial charge in [-0.2, -0.15) is 0 Å². The summed E-state index contributed by atoms with van der Waals surface area (Å²) in [5, 5.41) is 21.3. The molecular weight excluding hydrogens is 972 g/mol. The molecule has 0 unspecified atom stereocenters. The molecular formula is C48H42Br2N10O6. The van der Waals surface area contributed by atoms with Crippen LogP contribution < -0.4 is 19.6 Å². The maximum Gasteiger partial charge on any atom is 0.338 e. The molecule has 4 fully saturated rings. The molecule has 0 radical (unpaired) electrons. The fourth-order valence-electron chi connectivity index (χ4n) is 9.70. The van der Waals surface area contributed by atoms with Crippen LogP contribution in [0.5, 0.6) is 11.5 Å². The van der Waals surface area contributed by atoms with Gasteiger partial charge in [0.2, 0.25) is 0 Å². The Labute approximate surface area is 396 Å². The third-order valence-electron chi connectivity index (χ3n) is 13.1. The zero-order valence-corrected chi connectivity index (χ0v) is 38.5. The maximum atomic E-state index is 15.6. The molecule has 8 heterocycles. The average molecular weight is 1010 g/mol. The Morgan fingerprint density at radius 2 is 0.970 bits per heavy atom. The molecule has 2 spiro atoms. The lowest BCUT2D eigenvalue weighted by Gasteiger charge is -2.41. The van der Waals surface area contributed by atoms with Crippen LogP contribution in [0.15, 0.2) is 131 Å². The predicted molar refractivity (Wildman–Crippen MR) is 253 cm³/mol. The molecule has 2 N–H and O–H groups in total. The van der Waals surface area contributed by atoms with E-state index < -0.39 is 35.0 Å². The van der Waals surface area contributed by atoms with E-state index >= 15 is 19.2 Å². The van der Waals surface area contributed by atoms with E-state index in [1.807, 2.05) is 54.6 Å². The molecule has 334 valence electrons. The largest absolute Gasteiger partial charge is 0.508 e. The van der Waals surface area contributed by atoms with E-state index in [2.05, 4.69) is 61.6 Å². The fourth-order valence-corrected chi connectivity index (χ4v) is 10.5. The first-order chi connectivity index (χ1) is 32.0. The number of urea groups is 2. The maximum absolute atomic E-state index is 15.6. The number of likely N-dealkylation sites (tertiary alicyclic amines) is 2. The number of aromatic nitrogens is 4. The van der Waals surface area contributed by atoms with E-state index in [0.29, 0.717) is 44.8 Å². The highest BCUT2D eigenvalue weighted by molar-refractivity contribution is 9.10. The number of halogens is 2. The first-order valence-corrected chi connectivity index (χ1v) is 23.1. The summed E-state index contributed by atoms with van der Waals surface area (Å²) in [6.07, 6.45) is 7.02. The molecule has 6 amide bonds. The average Bonchev–Trinajstić information content (AvgIpc) is 3.66. The summed E-state index contributed by atoms with van der Waals surface area (Å²) in [6.45, 7) is 2.65. The minimum absolute atomic E-state index is 0.0200. The molecule has 10 rings (SSSR count). The van der Waals surface area contributed by atoms with Crippen molar-refractivity contribution in [1.82, 2.24) is 29.7 Å². The highest BCUT2D eigenvalue weighted by Crippen LogP contribution is 2.49. The zero-order valence-electron chi connectivity index (χ0n) is 35.4. The van der Waals surface area contributed by atoms with Crippen molar-refractivity contribution in [2.45, 2.75) is 49.9 Å². The van der Waals surface area contributed by atoms with Crippen LogP contribution >= 0.6 is 31.9 Å². The summed E-state index contributed by atoms with van der Waals surface area (Å²) in [5.41, 5.74) is 0.201. The molecule has 0 saturated carbocycles. The Balaban J connectivity index is 1.07. The highest BCUT2D eigenvalue weighted by atomic mass is 79.9. The molecule has 6 aromatic rings. The number of carbonyl (C=O) groups is 4. The van der Waals surface area contributed by atoms with Crippen LogP contribution in [0.3, 0.4) is 0 Å².